The summed E-state index contributed by atoms with van der Waals surface area (Å²) in [5.74, 6) is 0.0973. The van der Waals surface area contributed by atoms with E-state index in [0.29, 0.717) is 11.3 Å². The largest absolute Gasteiger partial charge is 0.436 e. The molecule has 0 fully saturated rings. The van der Waals surface area contributed by atoms with Crippen LogP contribution in [0.25, 0.3) is 22.8 Å². The van der Waals surface area contributed by atoms with Gasteiger partial charge in [-0.25, -0.2) is 4.98 Å². The zero-order valence-corrected chi connectivity index (χ0v) is 18.4. The zero-order valence-electron chi connectivity index (χ0n) is 16.1. The maximum Gasteiger partial charge on any atom is 0.417 e. The highest BCUT2D eigenvalue weighted by atomic mass is 79.9. The Hall–Kier alpha value is -3.10. The maximum absolute atomic E-state index is 13.1. The minimum absolute atomic E-state index is 0.0382. The van der Waals surface area contributed by atoms with Crippen LogP contribution in [-0.4, -0.2) is 10.9 Å². The Balaban J connectivity index is 1.64. The number of carbonyl (C=O) groups is 1. The van der Waals surface area contributed by atoms with Crippen molar-refractivity contribution < 1.29 is 22.4 Å². The first-order valence-electron chi connectivity index (χ1n) is 9.21. The van der Waals surface area contributed by atoms with E-state index in [1.165, 1.54) is 12.1 Å². The van der Waals surface area contributed by atoms with Crippen LogP contribution in [0.1, 0.15) is 15.9 Å². The topological polar surface area (TPSA) is 55.1 Å². The molecule has 3 aromatic carbocycles. The lowest BCUT2D eigenvalue weighted by atomic mass is 10.1. The molecule has 0 aliphatic heterocycles. The molecular weight excluding hydrogens is 509 g/mol. The van der Waals surface area contributed by atoms with Gasteiger partial charge in [-0.15, -0.1) is 0 Å². The van der Waals surface area contributed by atoms with Crippen molar-refractivity contribution in [2.24, 2.45) is 0 Å². The van der Waals surface area contributed by atoms with Crippen molar-refractivity contribution in [2.45, 2.75) is 6.18 Å². The standard InChI is InChI=1S/C23H13BrClF3N2O2/c24-14-5-3-4-13(10-14)20-12-29-22(32-20)17-7-2-1-6-16(17)21(31)30-15-8-9-19(25)18(11-15)23(26,27)28/h1-12H,(H,30,31). The third kappa shape index (κ3) is 4.71. The number of rotatable bonds is 4. The van der Waals surface area contributed by atoms with Gasteiger partial charge in [0.25, 0.3) is 5.91 Å². The third-order valence-corrected chi connectivity index (χ3v) is 5.37. The minimum Gasteiger partial charge on any atom is -0.436 e. The summed E-state index contributed by atoms with van der Waals surface area (Å²) in [5, 5.41) is 2.03. The van der Waals surface area contributed by atoms with Crippen molar-refractivity contribution in [3.8, 4) is 22.8 Å². The summed E-state index contributed by atoms with van der Waals surface area (Å²) in [7, 11) is 0. The minimum atomic E-state index is -4.64. The lowest BCUT2D eigenvalue weighted by Crippen LogP contribution is -2.14. The fraction of sp³-hybridized carbons (Fsp3) is 0.0435. The van der Waals surface area contributed by atoms with Crippen LogP contribution in [0, 0.1) is 0 Å². The number of hydrogen-bond donors (Lipinski definition) is 1. The number of oxazole rings is 1. The van der Waals surface area contributed by atoms with E-state index in [4.69, 9.17) is 16.0 Å². The van der Waals surface area contributed by atoms with Gasteiger partial charge in [0.2, 0.25) is 5.89 Å². The van der Waals surface area contributed by atoms with Crippen molar-refractivity contribution in [3.05, 3.63) is 93.5 Å². The fourth-order valence-corrected chi connectivity index (χ4v) is 3.68. The monoisotopic (exact) mass is 520 g/mol. The number of anilines is 1. The van der Waals surface area contributed by atoms with Gasteiger partial charge in [-0.2, -0.15) is 13.2 Å². The van der Waals surface area contributed by atoms with Crippen LogP contribution in [0.3, 0.4) is 0 Å². The van der Waals surface area contributed by atoms with Gasteiger partial charge in [-0.05, 0) is 42.5 Å². The molecule has 1 N–H and O–H groups in total. The number of hydrogen-bond acceptors (Lipinski definition) is 3. The van der Waals surface area contributed by atoms with Crippen LogP contribution in [0.15, 0.2) is 81.8 Å². The maximum atomic E-state index is 13.1. The molecule has 4 nitrogen and oxygen atoms in total. The number of halogens is 5. The van der Waals surface area contributed by atoms with Gasteiger partial charge < -0.3 is 9.73 Å². The molecule has 1 aromatic heterocycles. The second kappa shape index (κ2) is 8.80. The van der Waals surface area contributed by atoms with Gasteiger partial charge in [0.1, 0.15) is 0 Å². The van der Waals surface area contributed by atoms with Crippen LogP contribution >= 0.6 is 27.5 Å². The number of aromatic nitrogens is 1. The predicted molar refractivity (Wildman–Crippen MR) is 119 cm³/mol. The van der Waals surface area contributed by atoms with E-state index in [9.17, 15) is 18.0 Å². The number of alkyl halides is 3. The molecule has 32 heavy (non-hydrogen) atoms. The Morgan fingerprint density at radius 1 is 1.03 bits per heavy atom. The lowest BCUT2D eigenvalue weighted by Gasteiger charge is -2.12. The first-order valence-corrected chi connectivity index (χ1v) is 10.4. The molecular formula is C23H13BrClF3N2O2. The molecule has 0 atom stereocenters. The van der Waals surface area contributed by atoms with Crippen LogP contribution in [0.5, 0.6) is 0 Å². The van der Waals surface area contributed by atoms with E-state index in [0.717, 1.165) is 22.2 Å². The average Bonchev–Trinajstić information content (AvgIpc) is 3.24. The molecule has 1 heterocycles. The Bertz CT molecular complexity index is 1300. The van der Waals surface area contributed by atoms with E-state index >= 15 is 0 Å². The highest BCUT2D eigenvalue weighted by molar-refractivity contribution is 9.10. The molecule has 0 spiro atoms. The van der Waals surface area contributed by atoms with Gasteiger partial charge in [0, 0.05) is 21.3 Å². The van der Waals surface area contributed by atoms with Gasteiger partial charge in [-0.1, -0.05) is 51.8 Å². The highest BCUT2D eigenvalue weighted by Gasteiger charge is 2.33. The summed E-state index contributed by atoms with van der Waals surface area (Å²) < 4.78 is 46.1. The molecule has 0 aliphatic carbocycles. The van der Waals surface area contributed by atoms with E-state index in [1.807, 2.05) is 24.3 Å². The normalized spacial score (nSPS) is 11.4. The third-order valence-electron chi connectivity index (χ3n) is 4.55. The van der Waals surface area contributed by atoms with E-state index in [2.05, 4.69) is 26.2 Å². The Morgan fingerprint density at radius 3 is 2.56 bits per heavy atom. The van der Waals surface area contributed by atoms with Crippen LogP contribution in [0.4, 0.5) is 18.9 Å². The first-order chi connectivity index (χ1) is 15.2. The van der Waals surface area contributed by atoms with Crippen molar-refractivity contribution in [2.75, 3.05) is 5.32 Å². The van der Waals surface area contributed by atoms with Crippen molar-refractivity contribution >= 4 is 39.1 Å². The summed E-state index contributed by atoms with van der Waals surface area (Å²) in [6.07, 6.45) is -3.10. The van der Waals surface area contributed by atoms with Crippen LogP contribution in [0.2, 0.25) is 5.02 Å². The molecule has 0 saturated heterocycles. The molecule has 0 saturated carbocycles. The Kier molecular flexibility index (Phi) is 6.08. The summed E-state index contributed by atoms with van der Waals surface area (Å²) in [6.45, 7) is 0. The summed E-state index contributed by atoms with van der Waals surface area (Å²) in [5.41, 5.74) is 0.316. The quantitative estimate of drug-likeness (QED) is 0.299. The van der Waals surface area contributed by atoms with Crippen molar-refractivity contribution in [1.82, 2.24) is 4.98 Å². The van der Waals surface area contributed by atoms with Gasteiger partial charge in [0.15, 0.2) is 5.76 Å². The Labute approximate surface area is 194 Å². The van der Waals surface area contributed by atoms with Gasteiger partial charge >= 0.3 is 6.18 Å². The SMILES string of the molecule is O=C(Nc1ccc(Cl)c(C(F)(F)F)c1)c1ccccc1-c1ncc(-c2cccc(Br)c2)o1. The molecule has 4 aromatic rings. The molecule has 4 rings (SSSR count). The predicted octanol–water partition coefficient (Wildman–Crippen LogP) is 7.70. The number of amides is 1. The van der Waals surface area contributed by atoms with E-state index in [-0.39, 0.29) is 17.1 Å². The fourth-order valence-electron chi connectivity index (χ4n) is 3.06. The van der Waals surface area contributed by atoms with Crippen LogP contribution in [-0.2, 0) is 6.18 Å². The second-order valence-corrected chi connectivity index (χ2v) is 8.05. The summed E-state index contributed by atoms with van der Waals surface area (Å²) >= 11 is 9.05. The molecule has 0 bridgehead atoms. The van der Waals surface area contributed by atoms with Crippen molar-refractivity contribution in [1.29, 1.82) is 0 Å². The molecule has 1 amide bonds. The molecule has 0 aliphatic rings. The van der Waals surface area contributed by atoms with Crippen LogP contribution < -0.4 is 5.32 Å². The molecule has 0 unspecified atom stereocenters. The Morgan fingerprint density at radius 2 is 1.81 bits per heavy atom. The lowest BCUT2D eigenvalue weighted by molar-refractivity contribution is -0.137. The first kappa shape index (κ1) is 22.1. The number of nitrogens with one attached hydrogen (secondary N) is 1. The van der Waals surface area contributed by atoms with E-state index in [1.54, 1.807) is 24.4 Å². The summed E-state index contributed by atoms with van der Waals surface area (Å²) in [4.78, 5) is 17.1. The number of nitrogens with zero attached hydrogens (tertiary/aromatic N) is 1. The summed E-state index contributed by atoms with van der Waals surface area (Å²) in [6, 6.07) is 17.2. The highest BCUT2D eigenvalue weighted by Crippen LogP contribution is 2.36. The molecule has 162 valence electrons. The van der Waals surface area contributed by atoms with E-state index < -0.39 is 22.7 Å². The molecule has 9 heteroatoms. The van der Waals surface area contributed by atoms with Crippen molar-refractivity contribution in [3.63, 3.8) is 0 Å². The average molecular weight is 522 g/mol. The van der Waals surface area contributed by atoms with Gasteiger partial charge in [-0.3, -0.25) is 4.79 Å². The number of benzene rings is 3. The second-order valence-electron chi connectivity index (χ2n) is 6.73. The van der Waals surface area contributed by atoms with Gasteiger partial charge in [0.05, 0.1) is 22.3 Å². The number of carbonyl (C=O) groups excluding carboxylic acids is 1. The zero-order chi connectivity index (χ0) is 22.9. The molecule has 0 radical (unpaired) electrons. The smallest absolute Gasteiger partial charge is 0.417 e.